The Bertz CT molecular complexity index is 956. The number of nitrogens with zero attached hydrogens (tertiary/aromatic N) is 3. The molecule has 0 aliphatic heterocycles. The van der Waals surface area contributed by atoms with Crippen molar-refractivity contribution in [2.75, 3.05) is 18.6 Å². The third kappa shape index (κ3) is 3.96. The zero-order chi connectivity index (χ0) is 17.8. The standard InChI is InChI=1S/C17H19N3O3S2/c1-4-22-12-5-6-14-15(10-12)25-17(20(14)7-8-24-3)18-16(21)13-9-11(2)23-19-13/h5-6,9-10H,4,7-8H2,1-3H3. The van der Waals surface area contributed by atoms with Gasteiger partial charge >= 0.3 is 5.91 Å². The van der Waals surface area contributed by atoms with Gasteiger partial charge in [0.25, 0.3) is 0 Å². The van der Waals surface area contributed by atoms with Gasteiger partial charge in [0.15, 0.2) is 10.5 Å². The summed E-state index contributed by atoms with van der Waals surface area (Å²) in [4.78, 5) is 17.3. The second-order valence-corrected chi connectivity index (χ2v) is 7.33. The molecule has 2 heterocycles. The van der Waals surface area contributed by atoms with Crippen LogP contribution in [0.5, 0.6) is 5.75 Å². The average molecular weight is 377 g/mol. The van der Waals surface area contributed by atoms with Crippen LogP contribution in [-0.2, 0) is 6.54 Å². The molecule has 0 saturated carbocycles. The van der Waals surface area contributed by atoms with E-state index in [9.17, 15) is 4.79 Å². The molecule has 0 aliphatic rings. The fourth-order valence-electron chi connectivity index (χ4n) is 2.41. The number of ether oxygens (including phenoxy) is 1. The second kappa shape index (κ2) is 7.88. The molecule has 0 aliphatic carbocycles. The van der Waals surface area contributed by atoms with Gasteiger partial charge in [-0.1, -0.05) is 16.5 Å². The molecule has 8 heteroatoms. The highest BCUT2D eigenvalue weighted by Gasteiger charge is 2.13. The molecule has 3 rings (SSSR count). The number of hydrogen-bond acceptors (Lipinski definition) is 6. The van der Waals surface area contributed by atoms with Crippen LogP contribution >= 0.6 is 23.1 Å². The van der Waals surface area contributed by atoms with Gasteiger partial charge in [-0.2, -0.15) is 16.8 Å². The Morgan fingerprint density at radius 2 is 2.28 bits per heavy atom. The quantitative estimate of drug-likeness (QED) is 0.657. The number of fused-ring (bicyclic) bond motifs is 1. The van der Waals surface area contributed by atoms with Crippen LogP contribution in [0.2, 0.25) is 0 Å². The van der Waals surface area contributed by atoms with Crippen molar-refractivity contribution in [1.82, 2.24) is 9.72 Å². The van der Waals surface area contributed by atoms with Gasteiger partial charge in [0.2, 0.25) is 0 Å². The molecule has 2 aromatic heterocycles. The molecule has 25 heavy (non-hydrogen) atoms. The van der Waals surface area contributed by atoms with Crippen molar-refractivity contribution in [1.29, 1.82) is 0 Å². The number of thiazole rings is 1. The molecule has 0 radical (unpaired) electrons. The summed E-state index contributed by atoms with van der Waals surface area (Å²) in [6, 6.07) is 7.54. The van der Waals surface area contributed by atoms with Gasteiger partial charge in [-0.05, 0) is 38.3 Å². The zero-order valence-electron chi connectivity index (χ0n) is 14.3. The average Bonchev–Trinajstić information content (AvgIpc) is 3.16. The molecule has 0 fully saturated rings. The molecule has 0 unspecified atom stereocenters. The number of thioether (sulfide) groups is 1. The first-order valence-electron chi connectivity index (χ1n) is 7.90. The molecule has 1 amide bonds. The predicted molar refractivity (Wildman–Crippen MR) is 100 cm³/mol. The van der Waals surface area contributed by atoms with E-state index in [1.54, 1.807) is 24.8 Å². The van der Waals surface area contributed by atoms with Gasteiger partial charge in [-0.3, -0.25) is 4.79 Å². The molecule has 1 aromatic carbocycles. The van der Waals surface area contributed by atoms with Gasteiger partial charge in [0.1, 0.15) is 11.5 Å². The summed E-state index contributed by atoms with van der Waals surface area (Å²) in [5.74, 6) is 1.94. The topological polar surface area (TPSA) is 69.6 Å². The molecule has 0 atom stereocenters. The monoisotopic (exact) mass is 377 g/mol. The van der Waals surface area contributed by atoms with E-state index in [0.29, 0.717) is 17.2 Å². The van der Waals surface area contributed by atoms with E-state index < -0.39 is 5.91 Å². The van der Waals surface area contributed by atoms with Crippen molar-refractivity contribution in [3.63, 3.8) is 0 Å². The van der Waals surface area contributed by atoms with Gasteiger partial charge in [-0.15, -0.1) is 0 Å². The number of carbonyl (C=O) groups is 1. The lowest BCUT2D eigenvalue weighted by Crippen LogP contribution is -2.18. The van der Waals surface area contributed by atoms with E-state index in [1.807, 2.05) is 25.1 Å². The maximum absolute atomic E-state index is 12.4. The van der Waals surface area contributed by atoms with Crippen LogP contribution < -0.4 is 9.54 Å². The van der Waals surface area contributed by atoms with E-state index in [-0.39, 0.29) is 5.69 Å². The van der Waals surface area contributed by atoms with Crippen LogP contribution in [0.15, 0.2) is 33.8 Å². The Balaban J connectivity index is 2.08. The molecular weight excluding hydrogens is 358 g/mol. The molecule has 0 saturated heterocycles. The number of hydrogen-bond donors (Lipinski definition) is 0. The number of aromatic nitrogens is 2. The molecular formula is C17H19N3O3S2. The number of rotatable bonds is 6. The number of carbonyl (C=O) groups excluding carboxylic acids is 1. The molecule has 132 valence electrons. The maximum atomic E-state index is 12.4. The zero-order valence-corrected chi connectivity index (χ0v) is 15.9. The van der Waals surface area contributed by atoms with E-state index in [0.717, 1.165) is 28.3 Å². The summed E-state index contributed by atoms with van der Waals surface area (Å²) in [5.41, 5.74) is 1.27. The maximum Gasteiger partial charge on any atom is 0.301 e. The summed E-state index contributed by atoms with van der Waals surface area (Å²) in [6.45, 7) is 5.09. The SMILES string of the molecule is CCOc1ccc2c(c1)sc(=NC(=O)c1cc(C)on1)n2CCSC. The lowest BCUT2D eigenvalue weighted by molar-refractivity contribution is 0.0989. The summed E-state index contributed by atoms with van der Waals surface area (Å²) in [5, 5.41) is 3.75. The predicted octanol–water partition coefficient (Wildman–Crippen LogP) is 3.50. The fraction of sp³-hybridized carbons (Fsp3) is 0.353. The van der Waals surface area contributed by atoms with Crippen LogP contribution in [0.1, 0.15) is 23.2 Å². The minimum Gasteiger partial charge on any atom is -0.494 e. The summed E-state index contributed by atoms with van der Waals surface area (Å²) in [6.07, 6.45) is 2.06. The van der Waals surface area contributed by atoms with Crippen LogP contribution in [0.25, 0.3) is 10.2 Å². The van der Waals surface area contributed by atoms with E-state index >= 15 is 0 Å². The number of amides is 1. The smallest absolute Gasteiger partial charge is 0.301 e. The largest absolute Gasteiger partial charge is 0.494 e. The van der Waals surface area contributed by atoms with Crippen molar-refractivity contribution in [3.8, 4) is 5.75 Å². The van der Waals surface area contributed by atoms with Crippen molar-refractivity contribution < 1.29 is 14.1 Å². The Kier molecular flexibility index (Phi) is 5.60. The van der Waals surface area contributed by atoms with Crippen LogP contribution in [0.4, 0.5) is 0 Å². The third-order valence-electron chi connectivity index (χ3n) is 3.53. The molecule has 6 nitrogen and oxygen atoms in total. The first-order chi connectivity index (χ1) is 12.1. The normalized spacial score (nSPS) is 12.0. The highest BCUT2D eigenvalue weighted by Crippen LogP contribution is 2.23. The van der Waals surface area contributed by atoms with Crippen LogP contribution in [-0.4, -0.2) is 34.2 Å². The molecule has 0 N–H and O–H groups in total. The van der Waals surface area contributed by atoms with Gasteiger partial charge in [-0.25, -0.2) is 0 Å². The van der Waals surface area contributed by atoms with Crippen molar-refractivity contribution in [2.24, 2.45) is 4.99 Å². The minimum atomic E-state index is -0.397. The lowest BCUT2D eigenvalue weighted by Gasteiger charge is -2.05. The van der Waals surface area contributed by atoms with E-state index in [2.05, 4.69) is 21.0 Å². The van der Waals surface area contributed by atoms with Gasteiger partial charge in [0, 0.05) is 18.4 Å². The Morgan fingerprint density at radius 1 is 1.44 bits per heavy atom. The summed E-state index contributed by atoms with van der Waals surface area (Å²) in [7, 11) is 0. The molecule has 0 spiro atoms. The second-order valence-electron chi connectivity index (χ2n) is 5.33. The molecule has 3 aromatic rings. The van der Waals surface area contributed by atoms with E-state index in [4.69, 9.17) is 9.26 Å². The van der Waals surface area contributed by atoms with Crippen molar-refractivity contribution >= 4 is 39.2 Å². The Labute approximate surface area is 153 Å². The Morgan fingerprint density at radius 3 is 2.96 bits per heavy atom. The number of aryl methyl sites for hydroxylation is 2. The highest BCUT2D eigenvalue weighted by molar-refractivity contribution is 7.98. The van der Waals surface area contributed by atoms with Crippen molar-refractivity contribution in [2.45, 2.75) is 20.4 Å². The summed E-state index contributed by atoms with van der Waals surface area (Å²) < 4.78 is 13.6. The first-order valence-corrected chi connectivity index (χ1v) is 10.1. The van der Waals surface area contributed by atoms with Crippen molar-refractivity contribution in [3.05, 3.63) is 40.5 Å². The minimum absolute atomic E-state index is 0.223. The highest BCUT2D eigenvalue weighted by atomic mass is 32.2. The van der Waals surface area contributed by atoms with E-state index in [1.165, 1.54) is 11.3 Å². The fourth-order valence-corrected chi connectivity index (χ4v) is 3.85. The number of benzene rings is 1. The van der Waals surface area contributed by atoms with Gasteiger partial charge in [0.05, 0.1) is 16.8 Å². The van der Waals surface area contributed by atoms with Gasteiger partial charge < -0.3 is 13.8 Å². The lowest BCUT2D eigenvalue weighted by atomic mass is 10.3. The first kappa shape index (κ1) is 17.8. The Hall–Kier alpha value is -2.06. The summed E-state index contributed by atoms with van der Waals surface area (Å²) >= 11 is 3.22. The molecule has 0 bridgehead atoms. The third-order valence-corrected chi connectivity index (χ3v) is 5.16. The van der Waals surface area contributed by atoms with Crippen LogP contribution in [0, 0.1) is 6.92 Å². The van der Waals surface area contributed by atoms with Crippen LogP contribution in [0.3, 0.4) is 0 Å².